The van der Waals surface area contributed by atoms with Crippen molar-refractivity contribution in [3.05, 3.63) is 51.1 Å². The van der Waals surface area contributed by atoms with Crippen molar-refractivity contribution in [2.24, 2.45) is 0 Å². The molecule has 0 atom stereocenters. The van der Waals surface area contributed by atoms with Crippen molar-refractivity contribution in [3.8, 4) is 5.69 Å². The minimum absolute atomic E-state index is 0.0145. The minimum Gasteiger partial charge on any atom is -0.353 e. The van der Waals surface area contributed by atoms with E-state index in [9.17, 15) is 9.59 Å². The van der Waals surface area contributed by atoms with Gasteiger partial charge >= 0.3 is 0 Å². The summed E-state index contributed by atoms with van der Waals surface area (Å²) in [5, 5.41) is 4.48. The van der Waals surface area contributed by atoms with Crippen LogP contribution in [0.25, 0.3) is 15.9 Å². The normalized spacial score (nSPS) is 16.4. The number of carbonyl (C=O) groups is 1. The molecule has 2 heterocycles. The van der Waals surface area contributed by atoms with Gasteiger partial charge in [0.2, 0.25) is 5.91 Å². The highest BCUT2D eigenvalue weighted by Crippen LogP contribution is 2.36. The molecule has 7 heteroatoms. The summed E-state index contributed by atoms with van der Waals surface area (Å²) in [6, 6.07) is 9.92. The van der Waals surface area contributed by atoms with Crippen molar-refractivity contribution in [1.82, 2.24) is 14.9 Å². The standard InChI is InChI=1S/C22H23N3O2S2/c26-18(23-14-7-4-5-8-14)13-28-22-24-20-19(16-11-6-12-17(16)29-20)21(27)25(22)15-9-2-1-3-10-15/h1-3,9-10,14H,4-8,11-13H2,(H,23,26). The largest absolute Gasteiger partial charge is 0.353 e. The Labute approximate surface area is 177 Å². The summed E-state index contributed by atoms with van der Waals surface area (Å²) >= 11 is 2.99. The first-order valence-corrected chi connectivity index (χ1v) is 12.1. The Morgan fingerprint density at radius 2 is 1.97 bits per heavy atom. The summed E-state index contributed by atoms with van der Waals surface area (Å²) in [6.45, 7) is 0. The first-order chi connectivity index (χ1) is 14.2. The Morgan fingerprint density at radius 3 is 2.76 bits per heavy atom. The van der Waals surface area contributed by atoms with E-state index >= 15 is 0 Å². The Kier molecular flexibility index (Phi) is 5.18. The summed E-state index contributed by atoms with van der Waals surface area (Å²) < 4.78 is 1.68. The molecule has 29 heavy (non-hydrogen) atoms. The highest BCUT2D eigenvalue weighted by molar-refractivity contribution is 7.99. The van der Waals surface area contributed by atoms with Crippen LogP contribution in [0.4, 0.5) is 0 Å². The summed E-state index contributed by atoms with van der Waals surface area (Å²) in [5.74, 6) is 0.288. The van der Waals surface area contributed by atoms with Gasteiger partial charge in [0.15, 0.2) is 5.16 Å². The first kappa shape index (κ1) is 18.9. The second-order valence-corrected chi connectivity index (χ2v) is 9.77. The number of thioether (sulfide) groups is 1. The number of aryl methyl sites for hydroxylation is 2. The van der Waals surface area contributed by atoms with Crippen LogP contribution in [0, 0.1) is 0 Å². The molecule has 1 fully saturated rings. The van der Waals surface area contributed by atoms with Gasteiger partial charge in [0, 0.05) is 10.9 Å². The lowest BCUT2D eigenvalue weighted by Gasteiger charge is -2.14. The van der Waals surface area contributed by atoms with Crippen LogP contribution in [0.5, 0.6) is 0 Å². The molecule has 0 bridgehead atoms. The quantitative estimate of drug-likeness (QED) is 0.494. The number of rotatable bonds is 5. The number of hydrogen-bond acceptors (Lipinski definition) is 5. The maximum atomic E-state index is 13.5. The maximum Gasteiger partial charge on any atom is 0.267 e. The van der Waals surface area contributed by atoms with E-state index in [0.717, 1.165) is 48.0 Å². The van der Waals surface area contributed by atoms with Gasteiger partial charge in [-0.3, -0.25) is 14.2 Å². The molecule has 0 radical (unpaired) electrons. The molecule has 1 amide bonds. The molecule has 0 saturated heterocycles. The second-order valence-electron chi connectivity index (χ2n) is 7.75. The van der Waals surface area contributed by atoms with Crippen LogP contribution in [-0.4, -0.2) is 27.3 Å². The van der Waals surface area contributed by atoms with Crippen molar-refractivity contribution >= 4 is 39.2 Å². The first-order valence-electron chi connectivity index (χ1n) is 10.3. The number of thiophene rings is 1. The molecule has 0 spiro atoms. The Morgan fingerprint density at radius 1 is 1.17 bits per heavy atom. The number of amides is 1. The van der Waals surface area contributed by atoms with Gasteiger partial charge in [-0.25, -0.2) is 4.98 Å². The molecule has 0 unspecified atom stereocenters. The molecule has 1 N–H and O–H groups in total. The summed E-state index contributed by atoms with van der Waals surface area (Å²) in [5.41, 5.74) is 1.96. The maximum absolute atomic E-state index is 13.5. The highest BCUT2D eigenvalue weighted by atomic mass is 32.2. The minimum atomic E-state index is -0.0145. The zero-order chi connectivity index (χ0) is 19.8. The predicted octanol–water partition coefficient (Wildman–Crippen LogP) is 4.09. The SMILES string of the molecule is O=C(CSc1nc2sc3c(c2c(=O)n1-c1ccccc1)CCC3)NC1CCCC1. The number of nitrogens with one attached hydrogen (secondary N) is 1. The predicted molar refractivity (Wildman–Crippen MR) is 118 cm³/mol. The summed E-state index contributed by atoms with van der Waals surface area (Å²) in [6.07, 6.45) is 7.61. The fourth-order valence-corrected chi connectivity index (χ4v) is 6.52. The molecule has 1 aromatic carbocycles. The van der Waals surface area contributed by atoms with E-state index in [4.69, 9.17) is 4.98 Å². The molecule has 0 aliphatic heterocycles. The van der Waals surface area contributed by atoms with E-state index in [1.165, 1.54) is 35.0 Å². The van der Waals surface area contributed by atoms with E-state index in [0.29, 0.717) is 11.2 Å². The van der Waals surface area contributed by atoms with Gasteiger partial charge in [0.25, 0.3) is 5.56 Å². The van der Waals surface area contributed by atoms with Crippen molar-refractivity contribution in [2.45, 2.75) is 56.1 Å². The van der Waals surface area contributed by atoms with Crippen LogP contribution in [-0.2, 0) is 17.6 Å². The molecule has 1 saturated carbocycles. The van der Waals surface area contributed by atoms with Crippen LogP contribution in [0.15, 0.2) is 40.3 Å². The second kappa shape index (κ2) is 7.95. The lowest BCUT2D eigenvalue weighted by molar-refractivity contribution is -0.119. The van der Waals surface area contributed by atoms with Crippen LogP contribution < -0.4 is 10.9 Å². The van der Waals surface area contributed by atoms with E-state index in [2.05, 4.69) is 5.32 Å². The fraction of sp³-hybridized carbons (Fsp3) is 0.409. The van der Waals surface area contributed by atoms with Crippen LogP contribution in [0.3, 0.4) is 0 Å². The third-order valence-corrected chi connectivity index (χ3v) is 7.90. The number of benzene rings is 1. The molecular weight excluding hydrogens is 402 g/mol. The third-order valence-electron chi connectivity index (χ3n) is 5.78. The van der Waals surface area contributed by atoms with Gasteiger partial charge in [0.1, 0.15) is 4.83 Å². The average molecular weight is 426 g/mol. The molecule has 2 aliphatic carbocycles. The van der Waals surface area contributed by atoms with E-state index in [-0.39, 0.29) is 17.2 Å². The fourth-order valence-electron chi connectivity index (χ4n) is 4.40. The van der Waals surface area contributed by atoms with Crippen LogP contribution in [0.1, 0.15) is 42.5 Å². The van der Waals surface area contributed by atoms with Crippen molar-refractivity contribution in [1.29, 1.82) is 0 Å². The van der Waals surface area contributed by atoms with Crippen molar-refractivity contribution in [3.63, 3.8) is 0 Å². The number of para-hydroxylation sites is 1. The molecule has 2 aromatic heterocycles. The lowest BCUT2D eigenvalue weighted by Crippen LogP contribution is -2.34. The molecular formula is C22H23N3O2S2. The zero-order valence-electron chi connectivity index (χ0n) is 16.1. The average Bonchev–Trinajstić information content (AvgIpc) is 3.44. The molecule has 2 aliphatic rings. The number of nitrogens with zero attached hydrogens (tertiary/aromatic N) is 2. The number of fused-ring (bicyclic) bond motifs is 3. The summed E-state index contributed by atoms with van der Waals surface area (Å²) in [7, 11) is 0. The lowest BCUT2D eigenvalue weighted by atomic mass is 10.2. The summed E-state index contributed by atoms with van der Waals surface area (Å²) in [4.78, 5) is 32.9. The van der Waals surface area contributed by atoms with Crippen molar-refractivity contribution in [2.75, 3.05) is 5.75 Å². The van der Waals surface area contributed by atoms with Gasteiger partial charge in [0.05, 0.1) is 16.8 Å². The van der Waals surface area contributed by atoms with Gasteiger partial charge < -0.3 is 5.32 Å². The highest BCUT2D eigenvalue weighted by Gasteiger charge is 2.24. The Bertz CT molecular complexity index is 1110. The Balaban J connectivity index is 1.51. The molecule has 150 valence electrons. The number of carbonyl (C=O) groups excluding carboxylic acids is 1. The molecule has 3 aromatic rings. The number of hydrogen-bond donors (Lipinski definition) is 1. The topological polar surface area (TPSA) is 64.0 Å². The molecule has 5 nitrogen and oxygen atoms in total. The van der Waals surface area contributed by atoms with Crippen LogP contribution in [0.2, 0.25) is 0 Å². The Hall–Kier alpha value is -2.12. The number of aromatic nitrogens is 2. The van der Waals surface area contributed by atoms with Gasteiger partial charge in [-0.05, 0) is 49.8 Å². The van der Waals surface area contributed by atoms with E-state index in [1.54, 1.807) is 15.9 Å². The van der Waals surface area contributed by atoms with Crippen molar-refractivity contribution < 1.29 is 4.79 Å². The zero-order valence-corrected chi connectivity index (χ0v) is 17.8. The smallest absolute Gasteiger partial charge is 0.267 e. The third kappa shape index (κ3) is 3.62. The molecule has 5 rings (SSSR count). The van der Waals surface area contributed by atoms with Gasteiger partial charge in [-0.2, -0.15) is 0 Å². The van der Waals surface area contributed by atoms with Gasteiger partial charge in [-0.1, -0.05) is 42.8 Å². The van der Waals surface area contributed by atoms with Gasteiger partial charge in [-0.15, -0.1) is 11.3 Å². The monoisotopic (exact) mass is 425 g/mol. The van der Waals surface area contributed by atoms with E-state index < -0.39 is 0 Å². The van der Waals surface area contributed by atoms with Crippen LogP contribution >= 0.6 is 23.1 Å². The van der Waals surface area contributed by atoms with E-state index in [1.807, 2.05) is 30.3 Å².